The third-order valence-electron chi connectivity index (χ3n) is 6.69. The Morgan fingerprint density at radius 2 is 0.946 bits per heavy atom. The van der Waals surface area contributed by atoms with E-state index in [0.717, 1.165) is 16.7 Å². The molecule has 6 nitrogen and oxygen atoms in total. The first-order valence-electron chi connectivity index (χ1n) is 12.4. The second-order valence-electron chi connectivity index (χ2n) is 9.51. The average Bonchev–Trinajstić information content (AvgIpc) is 2.89. The van der Waals surface area contributed by atoms with Gasteiger partial charge in [0.2, 0.25) is 0 Å². The summed E-state index contributed by atoms with van der Waals surface area (Å²) in [6, 6.07) is 21.2. The normalized spacial score (nSPS) is 11.9. The van der Waals surface area contributed by atoms with Crippen molar-refractivity contribution in [1.82, 2.24) is 0 Å². The predicted octanol–water partition coefficient (Wildman–Crippen LogP) is 6.27. The minimum absolute atomic E-state index is 0.0975. The van der Waals surface area contributed by atoms with Gasteiger partial charge in [-0.2, -0.15) is 0 Å². The van der Waals surface area contributed by atoms with Crippen LogP contribution >= 0.6 is 0 Å². The molecule has 0 amide bonds. The van der Waals surface area contributed by atoms with Crippen LogP contribution in [0.3, 0.4) is 0 Å². The molecule has 0 aliphatic carbocycles. The van der Waals surface area contributed by atoms with Crippen molar-refractivity contribution in [3.05, 3.63) is 106 Å². The minimum Gasteiger partial charge on any atom is -0.461 e. The average molecular weight is 503 g/mol. The van der Waals surface area contributed by atoms with Crippen LogP contribution in [-0.4, -0.2) is 37.2 Å². The highest BCUT2D eigenvalue weighted by Crippen LogP contribution is 2.32. The molecule has 0 fully saturated rings. The molecule has 3 rings (SSSR count). The van der Waals surface area contributed by atoms with Crippen molar-refractivity contribution in [1.29, 1.82) is 0 Å². The minimum atomic E-state index is -0.957. The van der Waals surface area contributed by atoms with Gasteiger partial charge in [-0.25, -0.2) is 14.4 Å². The van der Waals surface area contributed by atoms with Crippen molar-refractivity contribution in [2.45, 2.75) is 47.1 Å². The Kier molecular flexibility index (Phi) is 9.23. The lowest BCUT2D eigenvalue weighted by molar-refractivity contribution is -0.0720. The zero-order valence-corrected chi connectivity index (χ0v) is 22.1. The molecule has 194 valence electrons. The number of carbonyl (C=O) groups is 3. The Hall–Kier alpha value is -3.93. The van der Waals surface area contributed by atoms with Crippen molar-refractivity contribution >= 4 is 17.9 Å². The molecule has 0 bridgehead atoms. The Morgan fingerprint density at radius 3 is 1.27 bits per heavy atom. The fourth-order valence-electron chi connectivity index (χ4n) is 3.78. The fourth-order valence-corrected chi connectivity index (χ4v) is 3.78. The maximum Gasteiger partial charge on any atom is 0.338 e. The van der Waals surface area contributed by atoms with Gasteiger partial charge in [-0.15, -0.1) is 0 Å². The van der Waals surface area contributed by atoms with E-state index in [0.29, 0.717) is 23.1 Å². The Bertz CT molecular complexity index is 1150. The van der Waals surface area contributed by atoms with E-state index in [4.69, 9.17) is 14.2 Å². The highest BCUT2D eigenvalue weighted by molar-refractivity contribution is 5.90. The quantitative estimate of drug-likeness (QED) is 0.240. The van der Waals surface area contributed by atoms with Crippen LogP contribution in [0, 0.1) is 26.2 Å². The highest BCUT2D eigenvalue weighted by atomic mass is 16.6. The Balaban J connectivity index is 1.79. The van der Waals surface area contributed by atoms with E-state index in [1.54, 1.807) is 43.3 Å². The second kappa shape index (κ2) is 12.3. The third kappa shape index (κ3) is 7.29. The molecule has 1 atom stereocenters. The van der Waals surface area contributed by atoms with Crippen LogP contribution in [-0.2, 0) is 14.2 Å². The van der Waals surface area contributed by atoms with Crippen LogP contribution in [0.25, 0.3) is 0 Å². The molecule has 37 heavy (non-hydrogen) atoms. The monoisotopic (exact) mass is 502 g/mol. The third-order valence-corrected chi connectivity index (χ3v) is 6.69. The Morgan fingerprint density at radius 1 is 0.622 bits per heavy atom. The van der Waals surface area contributed by atoms with E-state index in [1.165, 1.54) is 0 Å². The Labute approximate surface area is 218 Å². The van der Waals surface area contributed by atoms with Gasteiger partial charge in [0.25, 0.3) is 0 Å². The van der Waals surface area contributed by atoms with Crippen LogP contribution in [0.15, 0.2) is 72.8 Å². The molecule has 0 N–H and O–H groups in total. The van der Waals surface area contributed by atoms with Gasteiger partial charge in [0.05, 0.1) is 22.1 Å². The van der Waals surface area contributed by atoms with E-state index < -0.39 is 29.4 Å². The number of aryl methyl sites for hydroxylation is 3. The lowest BCUT2D eigenvalue weighted by atomic mass is 9.81. The molecule has 3 aromatic rings. The van der Waals surface area contributed by atoms with E-state index in [-0.39, 0.29) is 13.2 Å². The summed E-state index contributed by atoms with van der Waals surface area (Å²) in [6.07, 6.45) is -0.291. The fraction of sp³-hybridized carbons (Fsp3) is 0.323. The summed E-state index contributed by atoms with van der Waals surface area (Å²) < 4.78 is 17.2. The van der Waals surface area contributed by atoms with Crippen LogP contribution in [0.5, 0.6) is 0 Å². The van der Waals surface area contributed by atoms with Gasteiger partial charge in [-0.3, -0.25) is 0 Å². The second-order valence-corrected chi connectivity index (χ2v) is 9.51. The van der Waals surface area contributed by atoms with Crippen molar-refractivity contribution < 1.29 is 28.6 Å². The summed E-state index contributed by atoms with van der Waals surface area (Å²) in [5.41, 5.74) is 3.36. The molecule has 0 saturated carbocycles. The molecule has 0 saturated heterocycles. The summed E-state index contributed by atoms with van der Waals surface area (Å²) in [5, 5.41) is 0. The van der Waals surface area contributed by atoms with Crippen LogP contribution < -0.4 is 0 Å². The number of rotatable bonds is 10. The lowest BCUT2D eigenvalue weighted by Gasteiger charge is -2.36. The molecule has 1 unspecified atom stereocenters. The summed E-state index contributed by atoms with van der Waals surface area (Å²) in [4.78, 5) is 38.4. The zero-order valence-electron chi connectivity index (χ0n) is 22.1. The molecule has 0 aromatic heterocycles. The molecule has 0 spiro atoms. The van der Waals surface area contributed by atoms with Gasteiger partial charge in [0, 0.05) is 0 Å². The first kappa shape index (κ1) is 27.7. The summed E-state index contributed by atoms with van der Waals surface area (Å²) in [7, 11) is 0. The SMILES string of the molecule is CCC(COC(=O)c1ccc(C)cc1)(COC(=O)c1ccc(C)cc1)C(C)OC(=O)c1ccc(C)cc1. The molecule has 3 aromatic carbocycles. The molecular formula is C31H34O6. The molecule has 6 heteroatoms. The molecule has 0 heterocycles. The van der Waals surface area contributed by atoms with Gasteiger partial charge in [0.1, 0.15) is 19.3 Å². The van der Waals surface area contributed by atoms with Crippen LogP contribution in [0.2, 0.25) is 0 Å². The first-order valence-corrected chi connectivity index (χ1v) is 12.4. The van der Waals surface area contributed by atoms with Crippen LogP contribution in [0.1, 0.15) is 68.0 Å². The first-order chi connectivity index (χ1) is 17.6. The maximum atomic E-state index is 12.9. The number of benzene rings is 3. The topological polar surface area (TPSA) is 78.9 Å². The van der Waals surface area contributed by atoms with E-state index in [1.807, 2.05) is 64.1 Å². The molecular weight excluding hydrogens is 468 g/mol. The molecule has 0 aliphatic rings. The van der Waals surface area contributed by atoms with Gasteiger partial charge in [-0.05, 0) is 70.5 Å². The smallest absolute Gasteiger partial charge is 0.338 e. The predicted molar refractivity (Wildman–Crippen MR) is 142 cm³/mol. The lowest BCUT2D eigenvalue weighted by Crippen LogP contribution is -2.45. The summed E-state index contributed by atoms with van der Waals surface area (Å²) >= 11 is 0. The van der Waals surface area contributed by atoms with Crippen molar-refractivity contribution in [3.63, 3.8) is 0 Å². The zero-order chi connectivity index (χ0) is 27.0. The van der Waals surface area contributed by atoms with Gasteiger partial charge in [-0.1, -0.05) is 60.0 Å². The van der Waals surface area contributed by atoms with Gasteiger partial charge >= 0.3 is 17.9 Å². The van der Waals surface area contributed by atoms with E-state index >= 15 is 0 Å². The number of hydrogen-bond donors (Lipinski definition) is 0. The van der Waals surface area contributed by atoms with E-state index in [9.17, 15) is 14.4 Å². The molecule has 0 aliphatic heterocycles. The van der Waals surface area contributed by atoms with Crippen molar-refractivity contribution in [2.24, 2.45) is 5.41 Å². The summed E-state index contributed by atoms with van der Waals surface area (Å²) in [6.45, 7) is 9.22. The van der Waals surface area contributed by atoms with Crippen LogP contribution in [0.4, 0.5) is 0 Å². The largest absolute Gasteiger partial charge is 0.461 e. The summed E-state index contributed by atoms with van der Waals surface area (Å²) in [5.74, 6) is -1.50. The van der Waals surface area contributed by atoms with Crippen molar-refractivity contribution in [2.75, 3.05) is 13.2 Å². The van der Waals surface area contributed by atoms with Gasteiger partial charge < -0.3 is 14.2 Å². The number of hydrogen-bond acceptors (Lipinski definition) is 6. The standard InChI is InChI=1S/C31H34O6/c1-6-31(19-35-28(32)25-13-7-21(2)8-14-25,20-36-29(33)26-15-9-22(3)10-16-26)24(5)37-30(34)27-17-11-23(4)12-18-27/h7-18,24H,6,19-20H2,1-5H3. The molecule has 0 radical (unpaired) electrons. The van der Waals surface area contributed by atoms with Crippen molar-refractivity contribution in [3.8, 4) is 0 Å². The number of esters is 3. The van der Waals surface area contributed by atoms with E-state index in [2.05, 4.69) is 0 Å². The maximum absolute atomic E-state index is 12.9. The van der Waals surface area contributed by atoms with Gasteiger partial charge in [0.15, 0.2) is 0 Å². The number of ether oxygens (including phenoxy) is 3. The number of carbonyl (C=O) groups excluding carboxylic acids is 3. The highest BCUT2D eigenvalue weighted by Gasteiger charge is 2.41.